The van der Waals surface area contributed by atoms with Gasteiger partial charge in [0.05, 0.1) is 30.1 Å². The minimum atomic E-state index is -0.523. The lowest BCUT2D eigenvalue weighted by molar-refractivity contribution is 0.303. The van der Waals surface area contributed by atoms with Gasteiger partial charge in [0.15, 0.2) is 11.4 Å². The van der Waals surface area contributed by atoms with Crippen LogP contribution in [0, 0.1) is 12.9 Å². The molecule has 5 heterocycles. The van der Waals surface area contributed by atoms with Crippen LogP contribution in [0.5, 0.6) is 11.5 Å². The molecule has 0 radical (unpaired) electrons. The van der Waals surface area contributed by atoms with Gasteiger partial charge < -0.3 is 13.9 Å². The van der Waals surface area contributed by atoms with E-state index in [1.165, 1.54) is 23.6 Å². The Hall–Kier alpha value is -4.31. The fourth-order valence-corrected chi connectivity index (χ4v) is 4.50. The number of hydrogen-bond donors (Lipinski definition) is 0. The highest BCUT2D eigenvalue weighted by Gasteiger charge is 2.16. The van der Waals surface area contributed by atoms with Crippen molar-refractivity contribution in [1.29, 1.82) is 0 Å². The van der Waals surface area contributed by atoms with Crippen LogP contribution in [0.4, 0.5) is 4.39 Å². The first-order valence-electron chi connectivity index (χ1n) is 10.7. The van der Waals surface area contributed by atoms with Gasteiger partial charge in [-0.2, -0.15) is 9.49 Å². The summed E-state index contributed by atoms with van der Waals surface area (Å²) in [5.41, 5.74) is 4.41. The highest BCUT2D eigenvalue weighted by Crippen LogP contribution is 2.37. The zero-order chi connectivity index (χ0) is 23.9. The van der Waals surface area contributed by atoms with Crippen molar-refractivity contribution in [1.82, 2.24) is 24.6 Å². The first-order valence-corrected chi connectivity index (χ1v) is 11.6. The number of aryl methyl sites for hydroxylation is 1. The van der Waals surface area contributed by atoms with E-state index in [0.29, 0.717) is 28.5 Å². The molecular weight excluding hydrogens is 469 g/mol. The lowest BCUT2D eigenvalue weighted by atomic mass is 10.2. The molecule has 0 aliphatic carbocycles. The third-order valence-corrected chi connectivity index (χ3v) is 6.36. The van der Waals surface area contributed by atoms with Gasteiger partial charge in [0.1, 0.15) is 34.4 Å². The largest absolute Gasteiger partial charge is 0.496 e. The molecule has 0 amide bonds. The predicted octanol–water partition coefficient (Wildman–Crippen LogP) is 5.70. The molecule has 0 saturated carbocycles. The van der Waals surface area contributed by atoms with Gasteiger partial charge in [0.2, 0.25) is 5.95 Å². The van der Waals surface area contributed by atoms with Gasteiger partial charge in [-0.3, -0.25) is 0 Å². The molecule has 0 saturated heterocycles. The smallest absolute Gasteiger partial charge is 0.212 e. The summed E-state index contributed by atoms with van der Waals surface area (Å²) in [6.07, 6.45) is 3.30. The second-order valence-corrected chi connectivity index (χ2v) is 8.71. The van der Waals surface area contributed by atoms with Crippen molar-refractivity contribution in [2.45, 2.75) is 13.5 Å². The number of fused-ring (bicyclic) bond motifs is 2. The number of ether oxygens (including phenoxy) is 2. The highest BCUT2D eigenvalue weighted by molar-refractivity contribution is 7.13. The van der Waals surface area contributed by atoms with Crippen LogP contribution in [0.1, 0.15) is 11.4 Å². The summed E-state index contributed by atoms with van der Waals surface area (Å²) < 4.78 is 32.5. The number of imidazole rings is 1. The van der Waals surface area contributed by atoms with E-state index in [1.807, 2.05) is 48.8 Å². The van der Waals surface area contributed by atoms with Crippen molar-refractivity contribution in [3.05, 3.63) is 77.6 Å². The second kappa shape index (κ2) is 8.48. The molecule has 0 spiro atoms. The first-order chi connectivity index (χ1) is 17.1. The van der Waals surface area contributed by atoms with Crippen molar-refractivity contribution >= 4 is 28.0 Å². The summed E-state index contributed by atoms with van der Waals surface area (Å²) in [6, 6.07) is 12.3. The van der Waals surface area contributed by atoms with Gasteiger partial charge >= 0.3 is 0 Å². The normalized spacial score (nSPS) is 11.4. The van der Waals surface area contributed by atoms with E-state index in [2.05, 4.69) is 20.1 Å². The first kappa shape index (κ1) is 21.2. The molecule has 6 aromatic rings. The summed E-state index contributed by atoms with van der Waals surface area (Å²) in [4.78, 5) is 12.9. The number of furan rings is 1. The molecule has 0 atom stereocenters. The van der Waals surface area contributed by atoms with Gasteiger partial charge in [-0.1, -0.05) is 0 Å². The summed E-state index contributed by atoms with van der Waals surface area (Å²) >= 11 is 1.45. The van der Waals surface area contributed by atoms with Gasteiger partial charge in [-0.15, -0.1) is 11.3 Å². The van der Waals surface area contributed by atoms with E-state index in [-0.39, 0.29) is 6.61 Å². The van der Waals surface area contributed by atoms with Gasteiger partial charge in [-0.25, -0.2) is 19.5 Å². The summed E-state index contributed by atoms with van der Waals surface area (Å²) in [6.45, 7) is 2.17. The van der Waals surface area contributed by atoms with E-state index >= 15 is 0 Å². The number of nitrogens with zero attached hydrogens (tertiary/aromatic N) is 5. The van der Waals surface area contributed by atoms with Crippen LogP contribution < -0.4 is 9.47 Å². The molecule has 35 heavy (non-hydrogen) atoms. The predicted molar refractivity (Wildman–Crippen MR) is 129 cm³/mol. The quantitative estimate of drug-likeness (QED) is 0.279. The number of rotatable bonds is 6. The Kier molecular flexibility index (Phi) is 5.14. The number of thiazole rings is 1. The lowest BCUT2D eigenvalue weighted by Crippen LogP contribution is -1.97. The van der Waals surface area contributed by atoms with Crippen LogP contribution in [-0.4, -0.2) is 31.7 Å². The number of hydrogen-bond acceptors (Lipinski definition) is 8. The fourth-order valence-electron chi connectivity index (χ4n) is 3.70. The van der Waals surface area contributed by atoms with Gasteiger partial charge in [0.25, 0.3) is 0 Å². The minimum absolute atomic E-state index is 0.242. The maximum Gasteiger partial charge on any atom is 0.212 e. The van der Waals surface area contributed by atoms with Crippen molar-refractivity contribution < 1.29 is 18.3 Å². The van der Waals surface area contributed by atoms with Crippen molar-refractivity contribution in [3.8, 4) is 33.5 Å². The van der Waals surface area contributed by atoms with Crippen LogP contribution in [0.15, 0.2) is 64.7 Å². The van der Waals surface area contributed by atoms with Crippen LogP contribution in [0.3, 0.4) is 0 Å². The molecule has 0 aliphatic rings. The molecule has 8 nitrogen and oxygen atoms in total. The lowest BCUT2D eigenvalue weighted by Gasteiger charge is -2.07. The molecule has 0 unspecified atom stereocenters. The Morgan fingerprint density at radius 3 is 2.86 bits per heavy atom. The van der Waals surface area contributed by atoms with E-state index in [1.54, 1.807) is 17.7 Å². The Morgan fingerprint density at radius 2 is 2.03 bits per heavy atom. The van der Waals surface area contributed by atoms with Crippen molar-refractivity contribution in [3.63, 3.8) is 0 Å². The van der Waals surface area contributed by atoms with E-state index < -0.39 is 5.95 Å². The Bertz CT molecular complexity index is 1670. The summed E-state index contributed by atoms with van der Waals surface area (Å²) in [5.74, 6) is 1.29. The molecule has 6 rings (SSSR count). The molecule has 10 heteroatoms. The summed E-state index contributed by atoms with van der Waals surface area (Å²) in [5, 5.41) is 7.89. The maximum absolute atomic E-state index is 13.1. The van der Waals surface area contributed by atoms with E-state index in [0.717, 1.165) is 33.0 Å². The standard InChI is InChI=1S/C25H18FN5O3S/c1-14-3-6-24-29-19(11-31(24)30-14)22-9-18-20(7-17(32-2)8-21(18)34-22)33-12-16-13-35-25(28-16)15-4-5-23(26)27-10-15/h3-11,13H,12H2,1-2H3. The SMILES string of the molecule is COc1cc(OCc2csc(-c3ccc(F)nc3)n2)c2cc(-c3cn4nc(C)ccc4n3)oc2c1. The zero-order valence-electron chi connectivity index (χ0n) is 18.7. The molecule has 0 bridgehead atoms. The van der Waals surface area contributed by atoms with Crippen LogP contribution in [0.25, 0.3) is 38.6 Å². The maximum atomic E-state index is 13.1. The summed E-state index contributed by atoms with van der Waals surface area (Å²) in [7, 11) is 1.59. The molecule has 0 aliphatic heterocycles. The Balaban J connectivity index is 1.30. The van der Waals surface area contributed by atoms with E-state index in [4.69, 9.17) is 13.9 Å². The number of aromatic nitrogens is 5. The average Bonchev–Trinajstić information content (AvgIpc) is 3.60. The topological polar surface area (TPSA) is 87.6 Å². The van der Waals surface area contributed by atoms with Gasteiger partial charge in [0, 0.05) is 29.3 Å². The molecule has 0 N–H and O–H groups in total. The molecule has 1 aromatic carbocycles. The van der Waals surface area contributed by atoms with Crippen LogP contribution >= 0.6 is 11.3 Å². The van der Waals surface area contributed by atoms with E-state index in [9.17, 15) is 4.39 Å². The third-order valence-electron chi connectivity index (χ3n) is 5.42. The number of halogens is 1. The van der Waals surface area contributed by atoms with Gasteiger partial charge in [-0.05, 0) is 37.3 Å². The monoisotopic (exact) mass is 487 g/mol. The molecule has 5 aromatic heterocycles. The second-order valence-electron chi connectivity index (χ2n) is 7.85. The number of methoxy groups -OCH3 is 1. The Morgan fingerprint density at radius 1 is 1.11 bits per heavy atom. The zero-order valence-corrected chi connectivity index (χ0v) is 19.5. The van der Waals surface area contributed by atoms with Crippen molar-refractivity contribution in [2.75, 3.05) is 7.11 Å². The van der Waals surface area contributed by atoms with Crippen LogP contribution in [-0.2, 0) is 6.61 Å². The molecule has 174 valence electrons. The molecule has 0 fully saturated rings. The van der Waals surface area contributed by atoms with Crippen LogP contribution in [0.2, 0.25) is 0 Å². The molecular formula is C25H18FN5O3S. The average molecular weight is 488 g/mol. The fraction of sp³-hybridized carbons (Fsp3) is 0.120. The highest BCUT2D eigenvalue weighted by atomic mass is 32.1. The van der Waals surface area contributed by atoms with Crippen molar-refractivity contribution in [2.24, 2.45) is 0 Å². The number of pyridine rings is 1. The Labute approximate surface area is 202 Å². The minimum Gasteiger partial charge on any atom is -0.496 e. The third kappa shape index (κ3) is 4.08. The number of benzene rings is 1.